The van der Waals surface area contributed by atoms with Crippen molar-refractivity contribution in [1.82, 2.24) is 0 Å². The molecule has 0 atom stereocenters. The Morgan fingerprint density at radius 3 is 2.00 bits per heavy atom. The molecule has 2 heteroatoms. The Morgan fingerprint density at radius 1 is 1.80 bits per heavy atom. The van der Waals surface area contributed by atoms with Crippen molar-refractivity contribution >= 4 is 6.21 Å². The standard InChI is InChI=1S/C3H5N.U/c1-3-4-2;/h2H2,1H3;/q-2;+2. The first-order valence-electron chi connectivity index (χ1n) is 1.04. The quantitative estimate of drug-likeness (QED) is 0.461. The van der Waals surface area contributed by atoms with E-state index in [1.165, 1.54) is 0 Å². The molecule has 0 aromatic rings. The third kappa shape index (κ3) is 12.2. The second-order valence-electron chi connectivity index (χ2n) is 0.382. The van der Waals surface area contributed by atoms with Gasteiger partial charge in [-0.05, 0) is 0 Å². The third-order valence-electron chi connectivity index (χ3n) is 0.158. The molecule has 0 N–H and O–H groups in total. The van der Waals surface area contributed by atoms with Gasteiger partial charge in [-0.1, -0.05) is 0 Å². The Hall–Kier alpha value is 0.592. The number of hydrogen-bond donors (Lipinski definition) is 0. The molecule has 0 aliphatic heterocycles. The van der Waals surface area contributed by atoms with E-state index in [-0.39, 0.29) is 31.1 Å². The average Bonchev–Trinajstić information content (AvgIpc) is 1.37. The summed E-state index contributed by atoms with van der Waals surface area (Å²) < 4.78 is 0. The number of nitrogens with zero attached hydrogens (tertiary/aromatic N) is 1. The van der Waals surface area contributed by atoms with E-state index < -0.39 is 0 Å². The van der Waals surface area contributed by atoms with Crippen molar-refractivity contribution in [2.24, 2.45) is 4.99 Å². The van der Waals surface area contributed by atoms with Crippen LogP contribution in [0.4, 0.5) is 0 Å². The SMILES string of the molecule is [CH2-]N=[C-]C.[U+2]. The Morgan fingerprint density at radius 2 is 2.00 bits per heavy atom. The minimum absolute atomic E-state index is 0. The van der Waals surface area contributed by atoms with Crippen LogP contribution in [0.1, 0.15) is 6.92 Å². The molecule has 0 spiro atoms. The molecule has 1 nitrogen and oxygen atoms in total. The van der Waals surface area contributed by atoms with Crippen LogP contribution in [0.2, 0.25) is 0 Å². The summed E-state index contributed by atoms with van der Waals surface area (Å²) in [6.45, 7) is 1.70. The molecule has 5 heavy (non-hydrogen) atoms. The van der Waals surface area contributed by atoms with Gasteiger partial charge >= 0.3 is 31.1 Å². The fourth-order valence-corrected chi connectivity index (χ4v) is 0. The maximum atomic E-state index is 3.24. The van der Waals surface area contributed by atoms with Gasteiger partial charge in [0, 0.05) is 0 Å². The molecular formula is C3H5NU. The van der Waals surface area contributed by atoms with Gasteiger partial charge in [-0.25, -0.2) is 0 Å². The molecule has 0 heterocycles. The van der Waals surface area contributed by atoms with Crippen LogP contribution < -0.4 is 0 Å². The maximum absolute atomic E-state index is 3.24. The average molecular weight is 293 g/mol. The normalized spacial score (nSPS) is 7.40. The zero-order valence-electron chi connectivity index (χ0n) is 3.15. The van der Waals surface area contributed by atoms with Crippen molar-refractivity contribution in [3.05, 3.63) is 7.05 Å². The molecular weight excluding hydrogens is 288 g/mol. The van der Waals surface area contributed by atoms with Gasteiger partial charge in [-0.3, -0.25) is 0 Å². The van der Waals surface area contributed by atoms with E-state index in [1.807, 2.05) is 0 Å². The zero-order valence-corrected chi connectivity index (χ0v) is 7.32. The Balaban J connectivity index is 0. The molecule has 0 amide bonds. The molecule has 0 saturated carbocycles. The smallest absolute Gasteiger partial charge is 0.662 e. The van der Waals surface area contributed by atoms with Crippen LogP contribution in [-0.2, 0) is 0 Å². The molecule has 0 aromatic carbocycles. The van der Waals surface area contributed by atoms with Gasteiger partial charge in [0.25, 0.3) is 0 Å². The van der Waals surface area contributed by atoms with Gasteiger partial charge in [0.2, 0.25) is 0 Å². The molecule has 0 fully saturated rings. The summed E-state index contributed by atoms with van der Waals surface area (Å²) >= 11 is 0. The van der Waals surface area contributed by atoms with Crippen molar-refractivity contribution in [1.29, 1.82) is 0 Å². The largest absolute Gasteiger partial charge is 2.00 e. The fourth-order valence-electron chi connectivity index (χ4n) is 0. The predicted molar refractivity (Wildman–Crippen MR) is 18.5 cm³/mol. The molecule has 0 radical (unpaired) electrons. The van der Waals surface area contributed by atoms with Crippen LogP contribution in [0.5, 0.6) is 0 Å². The van der Waals surface area contributed by atoms with E-state index in [0.29, 0.717) is 0 Å². The van der Waals surface area contributed by atoms with E-state index in [0.717, 1.165) is 0 Å². The molecule has 0 unspecified atom stereocenters. The molecule has 0 saturated heterocycles. The van der Waals surface area contributed by atoms with Gasteiger partial charge in [0.15, 0.2) is 0 Å². The number of rotatable bonds is 0. The minimum Gasteiger partial charge on any atom is -0.662 e. The van der Waals surface area contributed by atoms with E-state index in [4.69, 9.17) is 0 Å². The molecule has 0 rings (SSSR count). The molecule has 0 aliphatic carbocycles. The monoisotopic (exact) mass is 293 g/mol. The Kier molecular flexibility index (Phi) is 16.1. The van der Waals surface area contributed by atoms with Crippen LogP contribution in [-0.4, -0.2) is 6.21 Å². The Bertz CT molecular complexity index is 22.1. The van der Waals surface area contributed by atoms with Crippen molar-refractivity contribution in [2.45, 2.75) is 6.92 Å². The maximum Gasteiger partial charge on any atom is 2.00 e. The summed E-state index contributed by atoms with van der Waals surface area (Å²) in [7, 11) is 3.12. The van der Waals surface area contributed by atoms with Gasteiger partial charge in [0.1, 0.15) is 0 Å². The Labute approximate surface area is 56.2 Å². The van der Waals surface area contributed by atoms with Crippen LogP contribution in [0.25, 0.3) is 0 Å². The topological polar surface area (TPSA) is 12.4 Å². The van der Waals surface area contributed by atoms with Gasteiger partial charge < -0.3 is 18.3 Å². The molecule has 0 aromatic heterocycles. The van der Waals surface area contributed by atoms with E-state index in [9.17, 15) is 0 Å². The van der Waals surface area contributed by atoms with E-state index in [1.54, 1.807) is 6.92 Å². The number of aliphatic imine (C=N–C) groups is 1. The van der Waals surface area contributed by atoms with Gasteiger partial charge in [-0.15, -0.1) is 0 Å². The van der Waals surface area contributed by atoms with E-state index in [2.05, 4.69) is 18.3 Å². The summed E-state index contributed by atoms with van der Waals surface area (Å²) in [6, 6.07) is 0. The van der Waals surface area contributed by atoms with Crippen molar-refractivity contribution in [3.63, 3.8) is 0 Å². The molecule has 26 valence electrons. The van der Waals surface area contributed by atoms with E-state index >= 15 is 0 Å². The van der Waals surface area contributed by atoms with Crippen molar-refractivity contribution < 1.29 is 31.1 Å². The molecule has 0 bridgehead atoms. The van der Waals surface area contributed by atoms with Gasteiger partial charge in [-0.2, -0.15) is 6.92 Å². The minimum atomic E-state index is 0. The van der Waals surface area contributed by atoms with Crippen LogP contribution in [0.15, 0.2) is 4.99 Å². The molecule has 0 aliphatic rings. The second-order valence-corrected chi connectivity index (χ2v) is 0.382. The first-order valence-corrected chi connectivity index (χ1v) is 1.04. The fraction of sp³-hybridized carbons (Fsp3) is 0.333. The van der Waals surface area contributed by atoms with Crippen LogP contribution in [0.3, 0.4) is 0 Å². The predicted octanol–water partition coefficient (Wildman–Crippen LogP) is 0.746. The number of hydrogen-bond acceptors (Lipinski definition) is 1. The first-order chi connectivity index (χ1) is 1.91. The second kappa shape index (κ2) is 8.82. The zero-order chi connectivity index (χ0) is 3.41. The van der Waals surface area contributed by atoms with Crippen molar-refractivity contribution in [3.8, 4) is 0 Å². The summed E-state index contributed by atoms with van der Waals surface area (Å²) in [6.07, 6.45) is 2.44. The summed E-state index contributed by atoms with van der Waals surface area (Å²) in [5.41, 5.74) is 0. The van der Waals surface area contributed by atoms with Crippen molar-refractivity contribution in [2.75, 3.05) is 0 Å². The summed E-state index contributed by atoms with van der Waals surface area (Å²) in [5.74, 6) is 0. The summed E-state index contributed by atoms with van der Waals surface area (Å²) in [4.78, 5) is 3.24. The van der Waals surface area contributed by atoms with Crippen LogP contribution in [0, 0.1) is 38.2 Å². The third-order valence-corrected chi connectivity index (χ3v) is 0.158. The summed E-state index contributed by atoms with van der Waals surface area (Å²) in [5, 5.41) is 0. The van der Waals surface area contributed by atoms with Gasteiger partial charge in [0.05, 0.1) is 0 Å². The first kappa shape index (κ1) is 9.14. The van der Waals surface area contributed by atoms with Crippen LogP contribution >= 0.6 is 0 Å².